The van der Waals surface area contributed by atoms with Gasteiger partial charge in [0.25, 0.3) is 5.91 Å². The second-order valence-corrected chi connectivity index (χ2v) is 10.2. The third-order valence-electron chi connectivity index (χ3n) is 5.23. The first-order valence-corrected chi connectivity index (χ1v) is 11.6. The van der Waals surface area contributed by atoms with E-state index in [1.807, 2.05) is 6.92 Å². The molecule has 1 amide bonds. The molecule has 0 N–H and O–H groups in total. The molecular weight excluding hydrogens is 453 g/mol. The maximum Gasteiger partial charge on any atom is 0.416 e. The third kappa shape index (κ3) is 3.94. The quantitative estimate of drug-likeness (QED) is 0.587. The number of sulfonamides is 1. The number of alkyl halides is 3. The van der Waals surface area contributed by atoms with Crippen molar-refractivity contribution in [3.63, 3.8) is 0 Å². The molecule has 3 aromatic rings. The molecule has 0 aliphatic carbocycles. The molecule has 31 heavy (non-hydrogen) atoms. The molecule has 0 unspecified atom stereocenters. The normalized spacial score (nSPS) is 16.2. The van der Waals surface area contributed by atoms with Gasteiger partial charge in [-0.05, 0) is 31.2 Å². The Morgan fingerprint density at radius 1 is 1.13 bits per heavy atom. The van der Waals surface area contributed by atoms with Crippen molar-refractivity contribution in [2.45, 2.75) is 18.0 Å². The van der Waals surface area contributed by atoms with Crippen LogP contribution in [-0.4, -0.2) is 59.5 Å². The molecule has 2 aromatic heterocycles. The molecular formula is C19H19F3N4O3S2. The van der Waals surface area contributed by atoms with Crippen LogP contribution in [0, 0.1) is 6.92 Å². The van der Waals surface area contributed by atoms with Gasteiger partial charge in [-0.15, -0.1) is 11.3 Å². The number of carbonyl (C=O) groups excluding carboxylic acids is 1. The largest absolute Gasteiger partial charge is 0.416 e. The highest BCUT2D eigenvalue weighted by Gasteiger charge is 2.34. The highest BCUT2D eigenvalue weighted by molar-refractivity contribution is 7.89. The van der Waals surface area contributed by atoms with Crippen LogP contribution in [-0.2, 0) is 23.2 Å². The highest BCUT2D eigenvalue weighted by atomic mass is 32.2. The van der Waals surface area contributed by atoms with E-state index in [-0.39, 0.29) is 32.1 Å². The molecule has 0 bridgehead atoms. The highest BCUT2D eigenvalue weighted by Crippen LogP contribution is 2.32. The van der Waals surface area contributed by atoms with Crippen molar-refractivity contribution in [3.8, 4) is 0 Å². The predicted molar refractivity (Wildman–Crippen MR) is 109 cm³/mol. The minimum Gasteiger partial charge on any atom is -0.335 e. The van der Waals surface area contributed by atoms with E-state index in [4.69, 9.17) is 0 Å². The molecule has 1 aromatic carbocycles. The number of hydrogen-bond acceptors (Lipinski definition) is 5. The maximum absolute atomic E-state index is 12.9. The monoisotopic (exact) mass is 472 g/mol. The molecule has 1 aliphatic heterocycles. The van der Waals surface area contributed by atoms with Crippen LogP contribution >= 0.6 is 11.3 Å². The first kappa shape index (κ1) is 21.8. The molecule has 166 valence electrons. The van der Waals surface area contributed by atoms with Gasteiger partial charge in [0, 0.05) is 38.6 Å². The number of fused-ring (bicyclic) bond motifs is 1. The Morgan fingerprint density at radius 2 is 1.81 bits per heavy atom. The van der Waals surface area contributed by atoms with Crippen molar-refractivity contribution in [3.05, 3.63) is 46.5 Å². The van der Waals surface area contributed by atoms with Gasteiger partial charge in [0.05, 0.1) is 21.0 Å². The van der Waals surface area contributed by atoms with Crippen LogP contribution in [0.2, 0.25) is 0 Å². The lowest BCUT2D eigenvalue weighted by atomic mass is 10.2. The zero-order chi connectivity index (χ0) is 22.6. The Morgan fingerprint density at radius 3 is 2.42 bits per heavy atom. The Kier molecular flexibility index (Phi) is 5.34. The zero-order valence-corrected chi connectivity index (χ0v) is 18.3. The topological polar surface area (TPSA) is 75.5 Å². The van der Waals surface area contributed by atoms with E-state index in [9.17, 15) is 26.4 Å². The van der Waals surface area contributed by atoms with Gasteiger partial charge in [-0.25, -0.2) is 8.42 Å². The van der Waals surface area contributed by atoms with Crippen LogP contribution in [0.1, 0.15) is 20.9 Å². The zero-order valence-electron chi connectivity index (χ0n) is 16.7. The summed E-state index contributed by atoms with van der Waals surface area (Å²) in [5.41, 5.74) is -0.193. The first-order valence-electron chi connectivity index (χ1n) is 9.38. The number of carbonyl (C=O) groups is 1. The maximum atomic E-state index is 12.9. The van der Waals surface area contributed by atoms with Crippen LogP contribution in [0.25, 0.3) is 10.2 Å². The Labute approximate surface area is 180 Å². The molecule has 0 spiro atoms. The van der Waals surface area contributed by atoms with Crippen molar-refractivity contribution >= 4 is 37.5 Å². The van der Waals surface area contributed by atoms with E-state index >= 15 is 0 Å². The van der Waals surface area contributed by atoms with Crippen LogP contribution in [0.4, 0.5) is 13.2 Å². The molecule has 12 heteroatoms. The van der Waals surface area contributed by atoms with Crippen molar-refractivity contribution in [1.29, 1.82) is 0 Å². The summed E-state index contributed by atoms with van der Waals surface area (Å²) in [5, 5.41) is 5.21. The number of nitrogens with zero attached hydrogens (tertiary/aromatic N) is 4. The van der Waals surface area contributed by atoms with Gasteiger partial charge in [-0.1, -0.05) is 6.07 Å². The number of benzene rings is 1. The second kappa shape index (κ2) is 7.61. The smallest absolute Gasteiger partial charge is 0.335 e. The van der Waals surface area contributed by atoms with Gasteiger partial charge in [0.2, 0.25) is 10.0 Å². The number of thiophene rings is 1. The Bertz CT molecular complexity index is 1220. The van der Waals surface area contributed by atoms with Gasteiger partial charge < -0.3 is 4.90 Å². The van der Waals surface area contributed by atoms with E-state index in [2.05, 4.69) is 5.10 Å². The van der Waals surface area contributed by atoms with E-state index < -0.39 is 26.7 Å². The fourth-order valence-electron chi connectivity index (χ4n) is 3.58. The molecule has 0 atom stereocenters. The van der Waals surface area contributed by atoms with E-state index in [0.717, 1.165) is 38.4 Å². The fraction of sp³-hybridized carbons (Fsp3) is 0.368. The first-order chi connectivity index (χ1) is 14.5. The predicted octanol–water partition coefficient (Wildman–Crippen LogP) is 3.11. The van der Waals surface area contributed by atoms with Crippen LogP contribution in [0.15, 0.2) is 35.2 Å². The second-order valence-electron chi connectivity index (χ2n) is 7.26. The van der Waals surface area contributed by atoms with E-state index in [1.165, 1.54) is 11.3 Å². The number of halogens is 3. The molecule has 3 heterocycles. The Hall–Kier alpha value is -2.44. The summed E-state index contributed by atoms with van der Waals surface area (Å²) in [7, 11) is -2.29. The molecule has 0 radical (unpaired) electrons. The van der Waals surface area contributed by atoms with Crippen molar-refractivity contribution in [2.75, 3.05) is 26.2 Å². The van der Waals surface area contributed by atoms with Crippen LogP contribution in [0.5, 0.6) is 0 Å². The number of aromatic nitrogens is 2. The third-order valence-corrected chi connectivity index (χ3v) is 8.32. The molecule has 0 saturated carbocycles. The van der Waals surface area contributed by atoms with E-state index in [0.29, 0.717) is 10.9 Å². The van der Waals surface area contributed by atoms with Gasteiger partial charge in [-0.3, -0.25) is 9.48 Å². The molecule has 7 nitrogen and oxygen atoms in total. The molecule has 1 saturated heterocycles. The number of piperazine rings is 1. The average molecular weight is 473 g/mol. The molecule has 1 fully saturated rings. The van der Waals surface area contributed by atoms with Gasteiger partial charge in [0.1, 0.15) is 4.83 Å². The lowest BCUT2D eigenvalue weighted by Gasteiger charge is -2.33. The summed E-state index contributed by atoms with van der Waals surface area (Å²) in [6.45, 7) is 2.19. The lowest BCUT2D eigenvalue weighted by Crippen LogP contribution is -2.50. The standard InChI is InChI=1S/C19H19F3N4O3S2/c1-12-15-11-16(30-18(15)24(2)23-12)17(27)25-6-8-26(9-7-25)31(28,29)14-5-3-4-13(10-14)19(20,21)22/h3-5,10-11H,6-9H2,1-2H3. The summed E-state index contributed by atoms with van der Waals surface area (Å²) in [6, 6.07) is 5.48. The van der Waals surface area contributed by atoms with Crippen molar-refractivity contribution in [1.82, 2.24) is 19.0 Å². The number of rotatable bonds is 3. The molecule has 1 aliphatic rings. The summed E-state index contributed by atoms with van der Waals surface area (Å²) >= 11 is 1.32. The summed E-state index contributed by atoms with van der Waals surface area (Å²) in [6.07, 6.45) is -4.63. The van der Waals surface area contributed by atoms with Gasteiger partial charge in [0.15, 0.2) is 0 Å². The minimum atomic E-state index is -4.63. The summed E-state index contributed by atoms with van der Waals surface area (Å²) in [5.74, 6) is -0.197. The number of aryl methyl sites for hydroxylation is 2. The van der Waals surface area contributed by atoms with E-state index in [1.54, 1.807) is 22.7 Å². The fourth-order valence-corrected chi connectivity index (χ4v) is 6.14. The summed E-state index contributed by atoms with van der Waals surface area (Å²) < 4.78 is 67.3. The van der Waals surface area contributed by atoms with Crippen molar-refractivity contribution in [2.24, 2.45) is 7.05 Å². The Balaban J connectivity index is 1.48. The van der Waals surface area contributed by atoms with Crippen LogP contribution in [0.3, 0.4) is 0 Å². The summed E-state index contributed by atoms with van der Waals surface area (Å²) in [4.78, 5) is 15.5. The van der Waals surface area contributed by atoms with Gasteiger partial charge >= 0.3 is 6.18 Å². The number of amides is 1. The molecule has 4 rings (SSSR count). The van der Waals surface area contributed by atoms with Crippen LogP contribution < -0.4 is 0 Å². The SMILES string of the molecule is Cc1nn(C)c2sc(C(=O)N3CCN(S(=O)(=O)c4cccc(C(F)(F)F)c4)CC3)cc12. The van der Waals surface area contributed by atoms with Gasteiger partial charge in [-0.2, -0.15) is 22.6 Å². The number of hydrogen-bond donors (Lipinski definition) is 0. The minimum absolute atomic E-state index is 0.00972. The lowest BCUT2D eigenvalue weighted by molar-refractivity contribution is -0.137. The van der Waals surface area contributed by atoms with Crippen molar-refractivity contribution < 1.29 is 26.4 Å². The average Bonchev–Trinajstić information content (AvgIpc) is 3.28.